The normalized spacial score (nSPS) is 18.2. The molecule has 2 unspecified atom stereocenters. The van der Waals surface area contributed by atoms with Gasteiger partial charge < -0.3 is 15.2 Å². The van der Waals surface area contributed by atoms with E-state index in [0.29, 0.717) is 6.61 Å². The molecule has 2 atom stereocenters. The molecule has 2 N–H and O–H groups in total. The number of aliphatic hydroxyl groups is 1. The van der Waals surface area contributed by atoms with Gasteiger partial charge in [0.2, 0.25) is 0 Å². The van der Waals surface area contributed by atoms with Gasteiger partial charge in [-0.2, -0.15) is 0 Å². The number of rotatable bonds is 4. The van der Waals surface area contributed by atoms with Gasteiger partial charge in [0.25, 0.3) is 0 Å². The first kappa shape index (κ1) is 13.0. The van der Waals surface area contributed by atoms with Crippen LogP contribution in [0.25, 0.3) is 0 Å². The van der Waals surface area contributed by atoms with E-state index in [1.54, 1.807) is 0 Å². The third-order valence-corrected chi connectivity index (χ3v) is 3.69. The summed E-state index contributed by atoms with van der Waals surface area (Å²) >= 11 is 0. The van der Waals surface area contributed by atoms with Crippen molar-refractivity contribution in [2.45, 2.75) is 25.5 Å². The average molecular weight is 269 g/mol. The second-order valence-corrected chi connectivity index (χ2v) is 5.06. The Morgan fingerprint density at radius 1 is 1.25 bits per heavy atom. The van der Waals surface area contributed by atoms with Crippen LogP contribution in [0.1, 0.15) is 24.2 Å². The quantitative estimate of drug-likeness (QED) is 0.896. The van der Waals surface area contributed by atoms with Crippen molar-refractivity contribution >= 4 is 5.69 Å². The zero-order chi connectivity index (χ0) is 13.9. The summed E-state index contributed by atoms with van der Waals surface area (Å²) in [7, 11) is 0. The third-order valence-electron chi connectivity index (χ3n) is 3.69. The number of nitrogens with one attached hydrogen (secondary N) is 1. The fourth-order valence-corrected chi connectivity index (χ4v) is 2.70. The second-order valence-electron chi connectivity index (χ2n) is 5.06. The van der Waals surface area contributed by atoms with Crippen molar-refractivity contribution in [2.24, 2.45) is 0 Å². The van der Waals surface area contributed by atoms with E-state index in [1.165, 1.54) is 5.56 Å². The summed E-state index contributed by atoms with van der Waals surface area (Å²) in [6.07, 6.45) is 0.304. The molecule has 0 bridgehead atoms. The summed E-state index contributed by atoms with van der Waals surface area (Å²) in [5.74, 6) is 0.805. The third kappa shape index (κ3) is 2.49. The van der Waals surface area contributed by atoms with Crippen LogP contribution in [0.4, 0.5) is 5.69 Å². The number of fused-ring (bicyclic) bond motifs is 1. The van der Waals surface area contributed by atoms with Gasteiger partial charge in [-0.15, -0.1) is 0 Å². The molecule has 104 valence electrons. The van der Waals surface area contributed by atoms with Gasteiger partial charge in [-0.25, -0.2) is 0 Å². The van der Waals surface area contributed by atoms with Crippen LogP contribution in [0.2, 0.25) is 0 Å². The van der Waals surface area contributed by atoms with E-state index in [0.717, 1.165) is 23.4 Å². The number of ether oxygens (including phenoxy) is 1. The van der Waals surface area contributed by atoms with Crippen LogP contribution in [0.15, 0.2) is 48.5 Å². The van der Waals surface area contributed by atoms with Crippen LogP contribution in [-0.2, 0) is 6.42 Å². The van der Waals surface area contributed by atoms with Crippen LogP contribution in [-0.4, -0.2) is 17.8 Å². The van der Waals surface area contributed by atoms with E-state index < -0.39 is 6.10 Å². The molecule has 1 aliphatic rings. The lowest BCUT2D eigenvalue weighted by atomic mass is 9.99. The lowest BCUT2D eigenvalue weighted by Crippen LogP contribution is -2.24. The highest BCUT2D eigenvalue weighted by molar-refractivity contribution is 5.57. The predicted octanol–water partition coefficient (Wildman–Crippen LogP) is 3.16. The molecule has 0 radical (unpaired) electrons. The summed E-state index contributed by atoms with van der Waals surface area (Å²) in [6.45, 7) is 2.59. The topological polar surface area (TPSA) is 41.5 Å². The fraction of sp³-hybridized carbons (Fsp3) is 0.294. The van der Waals surface area contributed by atoms with Crippen LogP contribution in [0, 0.1) is 0 Å². The summed E-state index contributed by atoms with van der Waals surface area (Å²) < 4.78 is 5.49. The minimum atomic E-state index is -0.539. The molecule has 1 heterocycles. The van der Waals surface area contributed by atoms with E-state index >= 15 is 0 Å². The van der Waals surface area contributed by atoms with Crippen molar-refractivity contribution in [1.82, 2.24) is 0 Å². The number of benzene rings is 2. The first-order chi connectivity index (χ1) is 9.78. The van der Waals surface area contributed by atoms with E-state index in [2.05, 4.69) is 17.4 Å². The first-order valence-corrected chi connectivity index (χ1v) is 7.03. The van der Waals surface area contributed by atoms with E-state index in [4.69, 9.17) is 4.74 Å². The number of aliphatic hydroxyl groups excluding tert-OH is 1. The Kier molecular flexibility index (Phi) is 3.61. The Bertz CT molecular complexity index is 572. The average Bonchev–Trinajstić information content (AvgIpc) is 2.91. The van der Waals surface area contributed by atoms with Crippen LogP contribution >= 0.6 is 0 Å². The maximum absolute atomic E-state index is 10.6. The Labute approximate surface area is 119 Å². The van der Waals surface area contributed by atoms with Crippen molar-refractivity contribution in [3.8, 4) is 5.75 Å². The SMILES string of the molecule is CCOc1cccc(C(O)C2Cc3ccccc3N2)c1. The molecule has 2 aromatic carbocycles. The molecule has 2 aromatic rings. The number of para-hydroxylation sites is 1. The first-order valence-electron chi connectivity index (χ1n) is 7.03. The molecule has 0 aliphatic carbocycles. The van der Waals surface area contributed by atoms with Gasteiger partial charge in [-0.3, -0.25) is 0 Å². The van der Waals surface area contributed by atoms with Crippen molar-refractivity contribution in [3.63, 3.8) is 0 Å². The predicted molar refractivity (Wildman–Crippen MR) is 80.1 cm³/mol. The summed E-state index contributed by atoms with van der Waals surface area (Å²) in [5.41, 5.74) is 3.27. The van der Waals surface area contributed by atoms with Crippen molar-refractivity contribution in [3.05, 3.63) is 59.7 Å². The molecule has 0 saturated carbocycles. The van der Waals surface area contributed by atoms with Crippen LogP contribution in [0.3, 0.4) is 0 Å². The summed E-state index contributed by atoms with van der Waals surface area (Å²) in [6, 6.07) is 15.9. The molecule has 3 nitrogen and oxygen atoms in total. The fourth-order valence-electron chi connectivity index (χ4n) is 2.70. The molecule has 0 fully saturated rings. The highest BCUT2D eigenvalue weighted by Crippen LogP contribution is 2.32. The zero-order valence-electron chi connectivity index (χ0n) is 11.5. The maximum Gasteiger partial charge on any atom is 0.119 e. The molecule has 1 aliphatic heterocycles. The standard InChI is InChI=1S/C17H19NO2/c1-2-20-14-8-5-7-13(10-14)17(19)16-11-12-6-3-4-9-15(12)18-16/h3-10,16-19H,2,11H2,1H3. The van der Waals surface area contributed by atoms with Crippen molar-refractivity contribution < 1.29 is 9.84 Å². The number of hydrogen-bond donors (Lipinski definition) is 2. The van der Waals surface area contributed by atoms with Gasteiger partial charge in [-0.1, -0.05) is 30.3 Å². The van der Waals surface area contributed by atoms with E-state index in [1.807, 2.05) is 43.3 Å². The molecule has 20 heavy (non-hydrogen) atoms. The van der Waals surface area contributed by atoms with Crippen LogP contribution < -0.4 is 10.1 Å². The Morgan fingerprint density at radius 3 is 2.90 bits per heavy atom. The van der Waals surface area contributed by atoms with Gasteiger partial charge in [0, 0.05) is 5.69 Å². The van der Waals surface area contributed by atoms with Gasteiger partial charge in [-0.05, 0) is 42.7 Å². The molecular formula is C17H19NO2. The Hall–Kier alpha value is -2.00. The van der Waals surface area contributed by atoms with Crippen molar-refractivity contribution in [2.75, 3.05) is 11.9 Å². The van der Waals surface area contributed by atoms with Crippen molar-refractivity contribution in [1.29, 1.82) is 0 Å². The maximum atomic E-state index is 10.6. The largest absolute Gasteiger partial charge is 0.494 e. The lowest BCUT2D eigenvalue weighted by Gasteiger charge is -2.20. The second kappa shape index (κ2) is 5.55. The number of hydrogen-bond acceptors (Lipinski definition) is 3. The highest BCUT2D eigenvalue weighted by atomic mass is 16.5. The zero-order valence-corrected chi connectivity index (χ0v) is 11.5. The monoisotopic (exact) mass is 269 g/mol. The van der Waals surface area contributed by atoms with Gasteiger partial charge in [0.1, 0.15) is 5.75 Å². The van der Waals surface area contributed by atoms with E-state index in [-0.39, 0.29) is 6.04 Å². The molecular weight excluding hydrogens is 250 g/mol. The minimum absolute atomic E-state index is 0.0178. The molecule has 0 saturated heterocycles. The van der Waals surface area contributed by atoms with Gasteiger partial charge >= 0.3 is 0 Å². The molecule has 0 spiro atoms. The smallest absolute Gasteiger partial charge is 0.119 e. The Balaban J connectivity index is 1.77. The molecule has 0 aromatic heterocycles. The summed E-state index contributed by atoms with van der Waals surface area (Å²) in [4.78, 5) is 0. The molecule has 0 amide bonds. The molecule has 3 heteroatoms. The highest BCUT2D eigenvalue weighted by Gasteiger charge is 2.27. The van der Waals surface area contributed by atoms with E-state index in [9.17, 15) is 5.11 Å². The van der Waals surface area contributed by atoms with Gasteiger partial charge in [0.05, 0.1) is 18.8 Å². The van der Waals surface area contributed by atoms with Crippen LogP contribution in [0.5, 0.6) is 5.75 Å². The lowest BCUT2D eigenvalue weighted by molar-refractivity contribution is 0.156. The van der Waals surface area contributed by atoms with Gasteiger partial charge in [0.15, 0.2) is 0 Å². The Morgan fingerprint density at radius 2 is 2.10 bits per heavy atom. The minimum Gasteiger partial charge on any atom is -0.494 e. The summed E-state index contributed by atoms with van der Waals surface area (Å²) in [5, 5.41) is 14.0. The number of anilines is 1. The molecule has 3 rings (SSSR count).